The zero-order valence-corrected chi connectivity index (χ0v) is 22.5. The SMILES string of the molecule is Cc1cccc(C(CC(=O)NC2CCNCC2)c2cn(CCC3CCCCC3)c3ccccc23)c1.Cl. The molecule has 1 saturated carbocycles. The number of benzene rings is 2. The average molecular weight is 508 g/mol. The number of amides is 1. The van der Waals surface area contributed by atoms with Gasteiger partial charge in [-0.25, -0.2) is 0 Å². The summed E-state index contributed by atoms with van der Waals surface area (Å²) in [6, 6.07) is 17.8. The molecule has 4 nitrogen and oxygen atoms in total. The summed E-state index contributed by atoms with van der Waals surface area (Å²) in [5.74, 6) is 1.08. The molecule has 1 aliphatic carbocycles. The van der Waals surface area contributed by atoms with Crippen molar-refractivity contribution in [2.45, 2.75) is 83.2 Å². The number of halogens is 1. The summed E-state index contributed by atoms with van der Waals surface area (Å²) in [5, 5.41) is 8.02. The molecule has 0 bridgehead atoms. The fourth-order valence-corrected chi connectivity index (χ4v) is 6.27. The molecular weight excluding hydrogens is 466 g/mol. The lowest BCUT2D eigenvalue weighted by atomic mass is 9.87. The number of rotatable bonds is 8. The van der Waals surface area contributed by atoms with Crippen LogP contribution in [0.3, 0.4) is 0 Å². The van der Waals surface area contributed by atoms with Crippen molar-refractivity contribution in [2.24, 2.45) is 5.92 Å². The highest BCUT2D eigenvalue weighted by molar-refractivity contribution is 5.87. The maximum Gasteiger partial charge on any atom is 0.221 e. The van der Waals surface area contributed by atoms with Crippen molar-refractivity contribution in [1.29, 1.82) is 0 Å². The topological polar surface area (TPSA) is 46.1 Å². The highest BCUT2D eigenvalue weighted by Gasteiger charge is 2.25. The number of aromatic nitrogens is 1. The van der Waals surface area contributed by atoms with Gasteiger partial charge in [-0.15, -0.1) is 12.4 Å². The summed E-state index contributed by atoms with van der Waals surface area (Å²) >= 11 is 0. The van der Waals surface area contributed by atoms with Crippen molar-refractivity contribution in [3.05, 3.63) is 71.4 Å². The van der Waals surface area contributed by atoms with E-state index in [1.54, 1.807) is 0 Å². The Morgan fingerprint density at radius 1 is 1.03 bits per heavy atom. The van der Waals surface area contributed by atoms with Crippen LogP contribution in [0.1, 0.15) is 80.4 Å². The van der Waals surface area contributed by atoms with Gasteiger partial charge in [-0.05, 0) is 62.4 Å². The van der Waals surface area contributed by atoms with Crippen molar-refractivity contribution >= 4 is 29.2 Å². The number of nitrogens with one attached hydrogen (secondary N) is 2. The lowest BCUT2D eigenvalue weighted by molar-refractivity contribution is -0.122. The average Bonchev–Trinajstić information content (AvgIpc) is 3.26. The van der Waals surface area contributed by atoms with Crippen LogP contribution in [0, 0.1) is 12.8 Å². The van der Waals surface area contributed by atoms with Crippen molar-refractivity contribution < 1.29 is 4.79 Å². The number of carbonyl (C=O) groups excluding carboxylic acids is 1. The first-order valence-corrected chi connectivity index (χ1v) is 13.8. The van der Waals surface area contributed by atoms with Crippen LogP contribution in [-0.4, -0.2) is 29.6 Å². The second-order valence-electron chi connectivity index (χ2n) is 10.9. The lowest BCUT2D eigenvalue weighted by Gasteiger charge is -2.25. The molecule has 2 aliphatic rings. The molecule has 1 atom stereocenters. The van der Waals surface area contributed by atoms with Crippen LogP contribution in [0.5, 0.6) is 0 Å². The van der Waals surface area contributed by atoms with Gasteiger partial charge in [0.05, 0.1) is 0 Å². The number of hydrogen-bond acceptors (Lipinski definition) is 2. The maximum atomic E-state index is 13.3. The third kappa shape index (κ3) is 6.52. The van der Waals surface area contributed by atoms with E-state index in [2.05, 4.69) is 76.9 Å². The number of fused-ring (bicyclic) bond motifs is 1. The van der Waals surface area contributed by atoms with Crippen molar-refractivity contribution in [3.63, 3.8) is 0 Å². The van der Waals surface area contributed by atoms with Gasteiger partial charge in [0.1, 0.15) is 0 Å². The molecule has 5 heteroatoms. The Labute approximate surface area is 222 Å². The molecular formula is C31H42ClN3O. The molecule has 0 radical (unpaired) electrons. The van der Waals surface area contributed by atoms with E-state index >= 15 is 0 Å². The van der Waals surface area contributed by atoms with Gasteiger partial charge >= 0.3 is 0 Å². The Kier molecular flexibility index (Phi) is 9.50. The summed E-state index contributed by atoms with van der Waals surface area (Å²) < 4.78 is 2.47. The minimum atomic E-state index is 0. The number of aryl methyl sites for hydroxylation is 2. The van der Waals surface area contributed by atoms with E-state index in [1.807, 2.05) is 0 Å². The Morgan fingerprint density at radius 3 is 2.58 bits per heavy atom. The van der Waals surface area contributed by atoms with Gasteiger partial charge in [0.2, 0.25) is 5.91 Å². The molecule has 2 fully saturated rings. The highest BCUT2D eigenvalue weighted by atomic mass is 35.5. The van der Waals surface area contributed by atoms with E-state index < -0.39 is 0 Å². The Bertz CT molecular complexity index is 1130. The van der Waals surface area contributed by atoms with Gasteiger partial charge in [0, 0.05) is 42.0 Å². The minimum Gasteiger partial charge on any atom is -0.353 e. The van der Waals surface area contributed by atoms with Crippen molar-refractivity contribution in [1.82, 2.24) is 15.2 Å². The maximum absolute atomic E-state index is 13.3. The summed E-state index contributed by atoms with van der Waals surface area (Å²) in [6.07, 6.45) is 13.1. The van der Waals surface area contributed by atoms with E-state index in [1.165, 1.54) is 66.1 Å². The number of nitrogens with zero attached hydrogens (tertiary/aromatic N) is 1. The first kappa shape index (κ1) is 26.8. The first-order chi connectivity index (χ1) is 17.2. The fourth-order valence-electron chi connectivity index (χ4n) is 6.27. The van der Waals surface area contributed by atoms with Crippen LogP contribution >= 0.6 is 12.4 Å². The number of carbonyl (C=O) groups is 1. The monoisotopic (exact) mass is 507 g/mol. The van der Waals surface area contributed by atoms with Crippen molar-refractivity contribution in [3.8, 4) is 0 Å². The zero-order valence-electron chi connectivity index (χ0n) is 21.7. The van der Waals surface area contributed by atoms with Gasteiger partial charge in [0.25, 0.3) is 0 Å². The summed E-state index contributed by atoms with van der Waals surface area (Å²) in [6.45, 7) is 5.18. The molecule has 2 heterocycles. The van der Waals surface area contributed by atoms with Gasteiger partial charge in [-0.3, -0.25) is 4.79 Å². The van der Waals surface area contributed by atoms with Crippen LogP contribution in [0.25, 0.3) is 10.9 Å². The van der Waals surface area contributed by atoms with Gasteiger partial charge in [0.15, 0.2) is 0 Å². The highest BCUT2D eigenvalue weighted by Crippen LogP contribution is 2.36. The van der Waals surface area contributed by atoms with Gasteiger partial charge < -0.3 is 15.2 Å². The fraction of sp³-hybridized carbons (Fsp3) is 0.516. The van der Waals surface area contributed by atoms with Crippen LogP contribution in [0.15, 0.2) is 54.7 Å². The molecule has 1 unspecified atom stereocenters. The smallest absolute Gasteiger partial charge is 0.221 e. The lowest BCUT2D eigenvalue weighted by Crippen LogP contribution is -2.43. The molecule has 1 aliphatic heterocycles. The van der Waals surface area contributed by atoms with Crippen LogP contribution < -0.4 is 10.6 Å². The summed E-state index contributed by atoms with van der Waals surface area (Å²) in [7, 11) is 0. The second kappa shape index (κ2) is 12.8. The Balaban J connectivity index is 0.00000304. The minimum absolute atomic E-state index is 0. The predicted molar refractivity (Wildman–Crippen MR) is 152 cm³/mol. The van der Waals surface area contributed by atoms with E-state index in [-0.39, 0.29) is 24.2 Å². The Morgan fingerprint density at radius 2 is 1.81 bits per heavy atom. The molecule has 1 saturated heterocycles. The molecule has 194 valence electrons. The summed E-state index contributed by atoms with van der Waals surface area (Å²) in [5.41, 5.74) is 5.07. The summed E-state index contributed by atoms with van der Waals surface area (Å²) in [4.78, 5) is 13.3. The first-order valence-electron chi connectivity index (χ1n) is 13.8. The number of para-hydroxylation sites is 1. The third-order valence-electron chi connectivity index (χ3n) is 8.24. The second-order valence-corrected chi connectivity index (χ2v) is 10.9. The molecule has 2 N–H and O–H groups in total. The van der Waals surface area contributed by atoms with E-state index in [9.17, 15) is 4.79 Å². The zero-order chi connectivity index (χ0) is 24.0. The Hall–Kier alpha value is -2.30. The molecule has 1 amide bonds. The number of piperidine rings is 1. The van der Waals surface area contributed by atoms with Gasteiger partial charge in [-0.2, -0.15) is 0 Å². The molecule has 5 rings (SSSR count). The molecule has 1 aromatic heterocycles. The van der Waals surface area contributed by atoms with Crippen LogP contribution in [0.4, 0.5) is 0 Å². The molecule has 2 aromatic carbocycles. The normalized spacial score (nSPS) is 18.0. The number of hydrogen-bond donors (Lipinski definition) is 2. The van der Waals surface area contributed by atoms with Crippen LogP contribution in [-0.2, 0) is 11.3 Å². The molecule has 36 heavy (non-hydrogen) atoms. The molecule has 0 spiro atoms. The van der Waals surface area contributed by atoms with Gasteiger partial charge in [-0.1, -0.05) is 80.1 Å². The van der Waals surface area contributed by atoms with E-state index in [0.717, 1.165) is 38.4 Å². The van der Waals surface area contributed by atoms with Crippen molar-refractivity contribution in [2.75, 3.05) is 13.1 Å². The quantitative estimate of drug-likeness (QED) is 0.355. The predicted octanol–water partition coefficient (Wildman–Crippen LogP) is 6.73. The molecule has 3 aromatic rings. The standard InChI is InChI=1S/C31H41N3O.ClH/c1-23-8-7-11-25(20-23)28(21-31(35)33-26-14-17-32-18-15-26)29-22-34(30-13-6-5-12-27(29)30)19-16-24-9-3-2-4-10-24;/h5-8,11-13,20,22,24,26,28,32H,2-4,9-10,14-19,21H2,1H3,(H,33,35);1H. The van der Waals surface area contributed by atoms with E-state index in [4.69, 9.17) is 0 Å². The van der Waals surface area contributed by atoms with E-state index in [0.29, 0.717) is 12.5 Å². The largest absolute Gasteiger partial charge is 0.353 e. The third-order valence-corrected chi connectivity index (χ3v) is 8.24. The van der Waals surface area contributed by atoms with Crippen LogP contribution in [0.2, 0.25) is 0 Å².